The molecular formula is C18H19NO5S2. The number of esters is 1. The maximum absolute atomic E-state index is 12.1. The summed E-state index contributed by atoms with van der Waals surface area (Å²) < 4.78 is 29.0. The summed E-state index contributed by atoms with van der Waals surface area (Å²) in [4.78, 5) is 24.7. The first-order chi connectivity index (χ1) is 12.2. The zero-order valence-electron chi connectivity index (χ0n) is 14.6. The minimum absolute atomic E-state index is 0.335. The zero-order valence-corrected chi connectivity index (χ0v) is 16.3. The van der Waals surface area contributed by atoms with E-state index in [-0.39, 0.29) is 12.4 Å². The van der Waals surface area contributed by atoms with E-state index in [1.165, 1.54) is 48.7 Å². The molecule has 0 saturated heterocycles. The summed E-state index contributed by atoms with van der Waals surface area (Å²) in [5, 5.41) is 1.93. The maximum atomic E-state index is 12.1. The van der Waals surface area contributed by atoms with Crippen LogP contribution in [0.15, 0.2) is 41.8 Å². The van der Waals surface area contributed by atoms with Crippen molar-refractivity contribution in [1.82, 2.24) is 0 Å². The van der Waals surface area contributed by atoms with Gasteiger partial charge in [-0.05, 0) is 54.3 Å². The number of ether oxygens (including phenoxy) is 1. The van der Waals surface area contributed by atoms with Gasteiger partial charge in [-0.2, -0.15) is 0 Å². The molecule has 138 valence electrons. The van der Waals surface area contributed by atoms with E-state index in [1.807, 2.05) is 18.4 Å². The Morgan fingerprint density at radius 3 is 2.38 bits per heavy atom. The molecule has 0 aliphatic rings. The number of hydrogen-bond acceptors (Lipinski definition) is 6. The molecule has 2 aromatic rings. The molecule has 0 radical (unpaired) electrons. The van der Waals surface area contributed by atoms with E-state index < -0.39 is 16.0 Å². The van der Waals surface area contributed by atoms with E-state index >= 15 is 0 Å². The van der Waals surface area contributed by atoms with E-state index in [4.69, 9.17) is 4.74 Å². The van der Waals surface area contributed by atoms with Gasteiger partial charge in [-0.1, -0.05) is 0 Å². The Balaban J connectivity index is 1.92. The Labute approximate surface area is 156 Å². The van der Waals surface area contributed by atoms with Crippen LogP contribution in [0.3, 0.4) is 0 Å². The molecule has 0 fully saturated rings. The monoisotopic (exact) mass is 393 g/mol. The van der Waals surface area contributed by atoms with E-state index in [2.05, 4.69) is 0 Å². The highest BCUT2D eigenvalue weighted by atomic mass is 32.2. The van der Waals surface area contributed by atoms with Gasteiger partial charge in [0, 0.05) is 23.6 Å². The van der Waals surface area contributed by atoms with Crippen molar-refractivity contribution in [2.45, 2.75) is 6.92 Å². The topological polar surface area (TPSA) is 80.8 Å². The van der Waals surface area contributed by atoms with E-state index in [9.17, 15) is 18.0 Å². The van der Waals surface area contributed by atoms with E-state index in [0.717, 1.165) is 21.0 Å². The number of nitrogens with zero attached hydrogens (tertiary/aromatic N) is 1. The molecule has 0 spiro atoms. The molecule has 0 aliphatic carbocycles. The number of benzene rings is 1. The van der Waals surface area contributed by atoms with Crippen LogP contribution < -0.4 is 4.31 Å². The van der Waals surface area contributed by atoms with Crippen LogP contribution in [-0.2, 0) is 19.6 Å². The fourth-order valence-corrected chi connectivity index (χ4v) is 3.34. The lowest BCUT2D eigenvalue weighted by Crippen LogP contribution is -2.24. The Bertz CT molecular complexity index is 927. The summed E-state index contributed by atoms with van der Waals surface area (Å²) in [5.74, 6) is -0.966. The summed E-state index contributed by atoms with van der Waals surface area (Å²) >= 11 is 1.51. The van der Waals surface area contributed by atoms with Crippen molar-refractivity contribution in [3.63, 3.8) is 0 Å². The number of Topliss-reactive ketones (excluding diaryl/α,β-unsaturated/α-hetero) is 1. The van der Waals surface area contributed by atoms with Crippen molar-refractivity contribution in [3.05, 3.63) is 57.8 Å². The Kier molecular flexibility index (Phi) is 6.33. The predicted octanol–water partition coefficient (Wildman–Crippen LogP) is 2.89. The molecular weight excluding hydrogens is 374 g/mol. The summed E-state index contributed by atoms with van der Waals surface area (Å²) in [7, 11) is -1.94. The van der Waals surface area contributed by atoms with Crippen molar-refractivity contribution >= 4 is 44.9 Å². The highest BCUT2D eigenvalue weighted by Crippen LogP contribution is 2.18. The largest absolute Gasteiger partial charge is 0.454 e. The van der Waals surface area contributed by atoms with Crippen molar-refractivity contribution in [2.24, 2.45) is 0 Å². The minimum atomic E-state index is -3.37. The second kappa shape index (κ2) is 8.29. The summed E-state index contributed by atoms with van der Waals surface area (Å²) in [6, 6.07) is 7.99. The molecule has 0 N–H and O–H groups in total. The number of anilines is 1. The first-order valence-corrected chi connectivity index (χ1v) is 10.4. The first kappa shape index (κ1) is 19.9. The molecule has 6 nitrogen and oxygen atoms in total. The van der Waals surface area contributed by atoms with Gasteiger partial charge in [0.15, 0.2) is 12.4 Å². The molecule has 0 unspecified atom stereocenters. The minimum Gasteiger partial charge on any atom is -0.454 e. The Morgan fingerprint density at radius 1 is 1.19 bits per heavy atom. The highest BCUT2D eigenvalue weighted by Gasteiger charge is 2.13. The Morgan fingerprint density at radius 2 is 1.85 bits per heavy atom. The highest BCUT2D eigenvalue weighted by molar-refractivity contribution is 7.92. The molecule has 1 aromatic heterocycles. The SMILES string of the molecule is Cc1ccsc1/C=C/C(=O)OCC(=O)c1ccc(N(C)S(C)(=O)=O)cc1. The number of sulfonamides is 1. The van der Waals surface area contributed by atoms with Gasteiger partial charge in [0.2, 0.25) is 10.0 Å². The molecule has 0 bridgehead atoms. The fourth-order valence-electron chi connectivity index (χ4n) is 2.02. The van der Waals surface area contributed by atoms with Gasteiger partial charge < -0.3 is 4.74 Å². The van der Waals surface area contributed by atoms with Gasteiger partial charge in [0.25, 0.3) is 0 Å². The third-order valence-electron chi connectivity index (χ3n) is 3.67. The van der Waals surface area contributed by atoms with Gasteiger partial charge in [0.1, 0.15) is 0 Å². The van der Waals surface area contributed by atoms with Crippen LogP contribution in [0, 0.1) is 6.92 Å². The number of thiophene rings is 1. The average Bonchev–Trinajstić information content (AvgIpc) is 3.01. The van der Waals surface area contributed by atoms with Gasteiger partial charge in [-0.3, -0.25) is 9.10 Å². The molecule has 0 atom stereocenters. The van der Waals surface area contributed by atoms with Crippen LogP contribution in [0.25, 0.3) is 6.08 Å². The van der Waals surface area contributed by atoms with Crippen molar-refractivity contribution in [1.29, 1.82) is 0 Å². The standard InChI is InChI=1S/C18H19NO5S2/c1-13-10-11-25-17(13)8-9-18(21)24-12-16(20)14-4-6-15(7-5-14)19(2)26(3,22)23/h4-11H,12H2,1-3H3/b9-8+. The molecule has 2 rings (SSSR count). The van der Waals surface area contributed by atoms with Gasteiger partial charge in [-0.15, -0.1) is 11.3 Å². The van der Waals surface area contributed by atoms with Crippen molar-refractivity contribution < 1.29 is 22.7 Å². The molecule has 8 heteroatoms. The lowest BCUT2D eigenvalue weighted by Gasteiger charge is -2.16. The van der Waals surface area contributed by atoms with Gasteiger partial charge >= 0.3 is 5.97 Å². The molecule has 0 amide bonds. The second-order valence-corrected chi connectivity index (χ2v) is 8.57. The number of hydrogen-bond donors (Lipinski definition) is 0. The zero-order chi connectivity index (χ0) is 19.3. The maximum Gasteiger partial charge on any atom is 0.331 e. The van der Waals surface area contributed by atoms with Crippen LogP contribution in [0.2, 0.25) is 0 Å². The second-order valence-electron chi connectivity index (χ2n) is 5.61. The average molecular weight is 393 g/mol. The molecule has 1 aromatic carbocycles. The number of aryl methyl sites for hydroxylation is 1. The third-order valence-corrected chi connectivity index (χ3v) is 5.86. The smallest absolute Gasteiger partial charge is 0.331 e. The van der Waals surface area contributed by atoms with Crippen molar-refractivity contribution in [2.75, 3.05) is 24.2 Å². The van der Waals surface area contributed by atoms with Crippen LogP contribution in [0.4, 0.5) is 5.69 Å². The number of ketones is 1. The quantitative estimate of drug-likeness (QED) is 0.410. The van der Waals surface area contributed by atoms with Crippen LogP contribution >= 0.6 is 11.3 Å². The van der Waals surface area contributed by atoms with E-state index in [1.54, 1.807) is 6.08 Å². The van der Waals surface area contributed by atoms with Crippen LogP contribution in [0.5, 0.6) is 0 Å². The fraction of sp³-hybridized carbons (Fsp3) is 0.222. The predicted molar refractivity (Wildman–Crippen MR) is 103 cm³/mol. The summed E-state index contributed by atoms with van der Waals surface area (Å²) in [6.45, 7) is 1.56. The first-order valence-electron chi connectivity index (χ1n) is 7.64. The van der Waals surface area contributed by atoms with Gasteiger partial charge in [0.05, 0.1) is 11.9 Å². The Hall–Kier alpha value is -2.45. The molecule has 1 heterocycles. The molecule has 26 heavy (non-hydrogen) atoms. The number of rotatable bonds is 7. The normalized spacial score (nSPS) is 11.5. The molecule has 0 aliphatic heterocycles. The lowest BCUT2D eigenvalue weighted by atomic mass is 10.1. The van der Waals surface area contributed by atoms with Crippen LogP contribution in [-0.4, -0.2) is 40.1 Å². The number of carbonyl (C=O) groups excluding carboxylic acids is 2. The number of carbonyl (C=O) groups is 2. The van der Waals surface area contributed by atoms with Crippen LogP contribution in [0.1, 0.15) is 20.8 Å². The van der Waals surface area contributed by atoms with E-state index in [0.29, 0.717) is 11.3 Å². The third kappa shape index (κ3) is 5.27. The summed E-state index contributed by atoms with van der Waals surface area (Å²) in [5.41, 5.74) is 1.84. The molecule has 0 saturated carbocycles. The van der Waals surface area contributed by atoms with Gasteiger partial charge in [-0.25, -0.2) is 13.2 Å². The lowest BCUT2D eigenvalue weighted by molar-refractivity contribution is -0.136. The summed E-state index contributed by atoms with van der Waals surface area (Å²) in [6.07, 6.45) is 4.04. The van der Waals surface area contributed by atoms with Crippen molar-refractivity contribution in [3.8, 4) is 0 Å².